The molecule has 5 nitrogen and oxygen atoms in total. The smallest absolute Gasteiger partial charge is 0.226 e. The van der Waals surface area contributed by atoms with E-state index in [1.54, 1.807) is 17.7 Å². The van der Waals surface area contributed by atoms with Crippen LogP contribution in [0.25, 0.3) is 5.70 Å². The summed E-state index contributed by atoms with van der Waals surface area (Å²) >= 11 is 14.4. The summed E-state index contributed by atoms with van der Waals surface area (Å²) in [6.45, 7) is 0. The van der Waals surface area contributed by atoms with Gasteiger partial charge in [-0.1, -0.05) is 41.4 Å². The number of nitrogens with zero attached hydrogens (tertiary/aromatic N) is 3. The normalized spacial score (nSPS) is 19.4. The number of anilines is 1. The van der Waals surface area contributed by atoms with Crippen molar-refractivity contribution < 1.29 is 4.74 Å². The Morgan fingerprint density at radius 3 is 2.77 bits per heavy atom. The van der Waals surface area contributed by atoms with Gasteiger partial charge in [0.25, 0.3) is 0 Å². The Labute approximate surface area is 186 Å². The predicted octanol–water partition coefficient (Wildman–Crippen LogP) is 6.21. The number of rotatable bonds is 2. The van der Waals surface area contributed by atoms with Crippen molar-refractivity contribution in [3.05, 3.63) is 97.9 Å². The Morgan fingerprint density at radius 2 is 1.93 bits per heavy atom. The molecule has 1 N–H and O–H groups in total. The Kier molecular flexibility index (Phi) is 4.13. The molecule has 0 unspecified atom stereocenters. The molecule has 2 aromatic carbocycles. The molecule has 0 bridgehead atoms. The van der Waals surface area contributed by atoms with E-state index in [-0.39, 0.29) is 12.1 Å². The second-order valence-electron chi connectivity index (χ2n) is 7.09. The van der Waals surface area contributed by atoms with Crippen LogP contribution in [0.2, 0.25) is 10.0 Å². The molecule has 6 rings (SSSR count). The summed E-state index contributed by atoms with van der Waals surface area (Å²) < 4.78 is 8.45. The molecule has 4 aromatic rings. The minimum atomic E-state index is -0.343. The third-order valence-corrected chi connectivity index (χ3v) is 6.73. The second kappa shape index (κ2) is 6.87. The van der Waals surface area contributed by atoms with Gasteiger partial charge < -0.3 is 10.1 Å². The quantitative estimate of drug-likeness (QED) is 0.392. The highest BCUT2D eigenvalue weighted by atomic mass is 35.5. The zero-order valence-corrected chi connectivity index (χ0v) is 17.7. The summed E-state index contributed by atoms with van der Waals surface area (Å²) in [5.41, 5.74) is 3.88. The summed E-state index contributed by atoms with van der Waals surface area (Å²) in [6, 6.07) is 17.4. The van der Waals surface area contributed by atoms with Gasteiger partial charge in [-0.3, -0.25) is 0 Å². The lowest BCUT2D eigenvalue weighted by molar-refractivity contribution is 0.223. The van der Waals surface area contributed by atoms with Crippen molar-refractivity contribution in [2.45, 2.75) is 12.1 Å². The Morgan fingerprint density at radius 1 is 1.03 bits per heavy atom. The Bertz CT molecular complexity index is 1300. The minimum Gasteiger partial charge on any atom is -0.480 e. The maximum Gasteiger partial charge on any atom is 0.226 e. The fourth-order valence-corrected chi connectivity index (χ4v) is 5.30. The fourth-order valence-electron chi connectivity index (χ4n) is 4.11. The molecule has 0 amide bonds. The molecule has 0 aliphatic carbocycles. The van der Waals surface area contributed by atoms with Crippen LogP contribution >= 0.6 is 34.5 Å². The summed E-state index contributed by atoms with van der Waals surface area (Å²) in [4.78, 5) is 5.58. The van der Waals surface area contributed by atoms with Gasteiger partial charge in [-0.25, -0.2) is 4.68 Å². The van der Waals surface area contributed by atoms with Crippen molar-refractivity contribution in [2.24, 2.45) is 0 Å². The number of aromatic nitrogens is 3. The van der Waals surface area contributed by atoms with Crippen molar-refractivity contribution >= 4 is 46.2 Å². The molecule has 0 saturated carbocycles. The number of benzene rings is 2. The zero-order chi connectivity index (χ0) is 20.2. The molecule has 0 spiro atoms. The number of ether oxygens (including phenoxy) is 1. The van der Waals surface area contributed by atoms with Crippen LogP contribution in [0.1, 0.15) is 28.1 Å². The second-order valence-corrected chi connectivity index (χ2v) is 8.95. The van der Waals surface area contributed by atoms with E-state index in [1.807, 2.05) is 53.2 Å². The van der Waals surface area contributed by atoms with E-state index in [0.29, 0.717) is 16.0 Å². The van der Waals surface area contributed by atoms with E-state index < -0.39 is 0 Å². The maximum atomic E-state index is 6.55. The minimum absolute atomic E-state index is 0.158. The van der Waals surface area contributed by atoms with Crippen molar-refractivity contribution in [3.63, 3.8) is 0 Å². The monoisotopic (exact) mass is 452 g/mol. The molecule has 0 fully saturated rings. The van der Waals surface area contributed by atoms with Gasteiger partial charge in [-0.05, 0) is 47.3 Å². The molecule has 30 heavy (non-hydrogen) atoms. The third-order valence-electron chi connectivity index (χ3n) is 5.34. The lowest BCUT2D eigenvalue weighted by atomic mass is 9.87. The Hall–Kier alpha value is -2.80. The van der Waals surface area contributed by atoms with Gasteiger partial charge in [0.2, 0.25) is 5.95 Å². The Balaban J connectivity index is 1.65. The topological polar surface area (TPSA) is 52.0 Å². The van der Waals surface area contributed by atoms with Crippen LogP contribution in [0.3, 0.4) is 0 Å². The van der Waals surface area contributed by atoms with Crippen molar-refractivity contribution in [1.82, 2.24) is 14.8 Å². The van der Waals surface area contributed by atoms with Gasteiger partial charge in [-0.15, -0.1) is 11.3 Å². The highest BCUT2D eigenvalue weighted by molar-refractivity contribution is 7.10. The summed E-state index contributed by atoms with van der Waals surface area (Å²) in [7, 11) is 0. The highest BCUT2D eigenvalue weighted by Crippen LogP contribution is 2.51. The molecule has 148 valence electrons. The number of thiophene rings is 1. The maximum absolute atomic E-state index is 6.55. The molecule has 4 heterocycles. The third kappa shape index (κ3) is 2.75. The number of fused-ring (bicyclic) bond motifs is 3. The van der Waals surface area contributed by atoms with E-state index in [2.05, 4.69) is 26.8 Å². The van der Waals surface area contributed by atoms with Crippen molar-refractivity contribution in [2.75, 3.05) is 5.32 Å². The lowest BCUT2D eigenvalue weighted by Gasteiger charge is -2.38. The summed E-state index contributed by atoms with van der Waals surface area (Å²) in [6.07, 6.45) is 1.22. The first-order valence-electron chi connectivity index (χ1n) is 9.35. The van der Waals surface area contributed by atoms with Gasteiger partial charge in [0.05, 0.1) is 5.70 Å². The van der Waals surface area contributed by atoms with Gasteiger partial charge in [0.1, 0.15) is 24.2 Å². The molecule has 2 aromatic heterocycles. The zero-order valence-electron chi connectivity index (χ0n) is 15.4. The van der Waals surface area contributed by atoms with Crippen LogP contribution in [0.5, 0.6) is 5.75 Å². The molecular formula is C22H14Cl2N4OS. The van der Waals surface area contributed by atoms with Crippen LogP contribution in [-0.2, 0) is 0 Å². The molecule has 0 saturated heterocycles. The first-order chi connectivity index (χ1) is 14.7. The first-order valence-corrected chi connectivity index (χ1v) is 11.0. The van der Waals surface area contributed by atoms with Crippen LogP contribution in [0, 0.1) is 0 Å². The van der Waals surface area contributed by atoms with Crippen LogP contribution in [-0.4, -0.2) is 14.8 Å². The number of hydrogen-bond acceptors (Lipinski definition) is 5. The van der Waals surface area contributed by atoms with E-state index in [4.69, 9.17) is 27.9 Å². The van der Waals surface area contributed by atoms with Gasteiger partial charge in [0.15, 0.2) is 0 Å². The molecule has 2 atom stereocenters. The molecular weight excluding hydrogens is 439 g/mol. The van der Waals surface area contributed by atoms with E-state index in [1.165, 1.54) is 0 Å². The fraction of sp³-hybridized carbons (Fsp3) is 0.0909. The number of nitrogens with one attached hydrogen (secondary N) is 1. The summed E-state index contributed by atoms with van der Waals surface area (Å²) in [5.74, 6) is 1.44. The molecule has 2 aliphatic heterocycles. The van der Waals surface area contributed by atoms with E-state index >= 15 is 0 Å². The largest absolute Gasteiger partial charge is 0.480 e. The van der Waals surface area contributed by atoms with E-state index in [9.17, 15) is 0 Å². The average Bonchev–Trinajstić information content (AvgIpc) is 3.44. The summed E-state index contributed by atoms with van der Waals surface area (Å²) in [5, 5.41) is 11.4. The molecule has 8 heteroatoms. The van der Waals surface area contributed by atoms with Gasteiger partial charge >= 0.3 is 0 Å². The van der Waals surface area contributed by atoms with Crippen LogP contribution < -0.4 is 10.1 Å². The SMILES string of the molecule is Clc1cccc([C@@H]2Oc3ccc(Cl)cc3C3=C2[C@@H](c2cccs2)n2ncnc2N3)c1. The first kappa shape index (κ1) is 18.0. The predicted molar refractivity (Wildman–Crippen MR) is 119 cm³/mol. The molecule has 2 aliphatic rings. The van der Waals surface area contributed by atoms with E-state index in [0.717, 1.165) is 33.0 Å². The standard InChI is InChI=1S/C22H14Cl2N4OS/c23-13-4-1-3-12(9-13)21-18-19(15-10-14(24)6-7-16(15)29-21)27-22-25-11-26-28(22)20(18)17-5-2-8-30-17/h1-11,20-21H,(H,25,26,27)/t20-,21+/m1/s1. The average molecular weight is 453 g/mol. The lowest BCUT2D eigenvalue weighted by Crippen LogP contribution is -2.32. The molecule has 0 radical (unpaired) electrons. The number of hydrogen-bond donors (Lipinski definition) is 1. The highest BCUT2D eigenvalue weighted by Gasteiger charge is 2.41. The van der Waals surface area contributed by atoms with Crippen molar-refractivity contribution in [3.8, 4) is 5.75 Å². The van der Waals surface area contributed by atoms with Crippen LogP contribution in [0.15, 0.2) is 71.9 Å². The van der Waals surface area contributed by atoms with Gasteiger partial charge in [-0.2, -0.15) is 10.1 Å². The van der Waals surface area contributed by atoms with Crippen LogP contribution in [0.4, 0.5) is 5.95 Å². The van der Waals surface area contributed by atoms with Gasteiger partial charge in [0, 0.05) is 26.1 Å². The van der Waals surface area contributed by atoms with Crippen molar-refractivity contribution in [1.29, 1.82) is 0 Å². The number of halogens is 2.